The van der Waals surface area contributed by atoms with Gasteiger partial charge in [-0.1, -0.05) is 41.0 Å². The number of aliphatic hydroxyl groups excluding tert-OH is 4. The van der Waals surface area contributed by atoms with E-state index in [2.05, 4.69) is 18.7 Å². The molecule has 0 radical (unpaired) electrons. The van der Waals surface area contributed by atoms with Crippen LogP contribution >= 0.6 is 0 Å². The van der Waals surface area contributed by atoms with Gasteiger partial charge in [0, 0.05) is 51.2 Å². The summed E-state index contributed by atoms with van der Waals surface area (Å²) in [5.74, 6) is -2.74. The van der Waals surface area contributed by atoms with E-state index in [-0.39, 0.29) is 31.3 Å². The van der Waals surface area contributed by atoms with Crippen LogP contribution in [0.4, 0.5) is 0 Å². The van der Waals surface area contributed by atoms with E-state index in [1.165, 1.54) is 14.0 Å². The molecule has 6 N–H and O–H groups in total. The number of likely N-dealkylation sites (N-methyl/N-ethyl adjacent to an activating group) is 2. The topological polar surface area (TPSA) is 204 Å². The molecule has 0 bridgehead atoms. The average Bonchev–Trinajstić information content (AvgIpc) is 3.20. The van der Waals surface area contributed by atoms with Gasteiger partial charge in [0.05, 0.1) is 47.6 Å². The van der Waals surface area contributed by atoms with E-state index in [0.717, 1.165) is 32.4 Å². The summed E-state index contributed by atoms with van der Waals surface area (Å²) in [4.78, 5) is 20.6. The maximum absolute atomic E-state index is 14.4. The summed E-state index contributed by atoms with van der Waals surface area (Å²) >= 11 is 0. The zero-order valence-electron chi connectivity index (χ0n) is 41.6. The number of hydrogen-bond acceptors (Lipinski definition) is 16. The molecule has 0 aromatic carbocycles. The summed E-state index contributed by atoms with van der Waals surface area (Å²) in [6, 6.07) is -1.02. The summed E-state index contributed by atoms with van der Waals surface area (Å²) < 4.78 is 38.1. The molecule has 3 saturated heterocycles. The summed E-state index contributed by atoms with van der Waals surface area (Å²) in [6.45, 7) is 24.9. The van der Waals surface area contributed by atoms with Crippen LogP contribution in [0.15, 0.2) is 0 Å². The van der Waals surface area contributed by atoms with Crippen molar-refractivity contribution in [2.45, 2.75) is 224 Å². The number of carbonyl (C=O) groups excluding carboxylic acids is 1. The highest BCUT2D eigenvalue weighted by Crippen LogP contribution is 2.40. The first-order chi connectivity index (χ1) is 29.3. The Balaban J connectivity index is 2.10. The number of rotatable bonds is 16. The molecule has 16 nitrogen and oxygen atoms in total. The molecule has 3 rings (SSSR count). The zero-order chi connectivity index (χ0) is 47.8. The fraction of sp³-hybridized carbons (Fsp3) is 0.979. The first-order valence-electron chi connectivity index (χ1n) is 23.9. The summed E-state index contributed by atoms with van der Waals surface area (Å²) in [5, 5.41) is 70.7. The van der Waals surface area contributed by atoms with Crippen molar-refractivity contribution in [3.63, 3.8) is 0 Å². The van der Waals surface area contributed by atoms with E-state index in [4.69, 9.17) is 28.4 Å². The van der Waals surface area contributed by atoms with E-state index in [0.29, 0.717) is 26.1 Å². The first kappa shape index (κ1) is 56.2. The molecule has 63 heavy (non-hydrogen) atoms. The van der Waals surface area contributed by atoms with Crippen molar-refractivity contribution in [3.8, 4) is 0 Å². The van der Waals surface area contributed by atoms with Crippen LogP contribution in [0.5, 0.6) is 0 Å². The molecular formula is C47H91N3O13. The van der Waals surface area contributed by atoms with Crippen LogP contribution in [0.3, 0.4) is 0 Å². The fourth-order valence-electron chi connectivity index (χ4n) is 10.5. The van der Waals surface area contributed by atoms with Gasteiger partial charge in [-0.3, -0.25) is 9.69 Å². The molecule has 3 aliphatic heterocycles. The maximum atomic E-state index is 14.4. The van der Waals surface area contributed by atoms with Crippen LogP contribution in [-0.2, 0) is 33.2 Å². The lowest BCUT2D eigenvalue weighted by molar-refractivity contribution is -0.318. The van der Waals surface area contributed by atoms with Crippen LogP contribution in [0.2, 0.25) is 0 Å². The predicted molar refractivity (Wildman–Crippen MR) is 241 cm³/mol. The fourth-order valence-corrected chi connectivity index (χ4v) is 10.5. The maximum Gasteiger partial charge on any atom is 0.311 e. The largest absolute Gasteiger partial charge is 0.459 e. The van der Waals surface area contributed by atoms with Gasteiger partial charge in [0.1, 0.15) is 30.0 Å². The van der Waals surface area contributed by atoms with Gasteiger partial charge in [-0.25, -0.2) is 0 Å². The Morgan fingerprint density at radius 3 is 2.14 bits per heavy atom. The van der Waals surface area contributed by atoms with Gasteiger partial charge in [0.25, 0.3) is 0 Å². The lowest BCUT2D eigenvalue weighted by Gasteiger charge is -2.49. The number of hydrogen-bond donors (Lipinski definition) is 6. The molecule has 19 atom stereocenters. The molecule has 0 aliphatic carbocycles. The van der Waals surface area contributed by atoms with Gasteiger partial charge in [0.15, 0.2) is 12.6 Å². The van der Waals surface area contributed by atoms with Gasteiger partial charge >= 0.3 is 5.97 Å². The van der Waals surface area contributed by atoms with Gasteiger partial charge in [0.2, 0.25) is 0 Å². The molecule has 3 aliphatic rings. The SMILES string of the molecule is CCCCN(CCC)CC(O)CN(C)C1C[C@@H](C)O[C@@H](O[C@@H]2[C@@H](C)[C@H](O[C@H]3C[C@@](C)(OC)[C@@H](O)[C@H](C)O3)[C@@H](C)C(=O)O[C@H](CC)[C@@](C)(O)[C@H](O)[C@@H](C)N(C)C[C@H](C)C[C@@]2(C)O)[C@@H]1O. The van der Waals surface area contributed by atoms with Crippen molar-refractivity contribution in [1.29, 1.82) is 0 Å². The minimum absolute atomic E-state index is 0.109. The molecule has 0 aromatic rings. The van der Waals surface area contributed by atoms with E-state index in [9.17, 15) is 35.4 Å². The minimum Gasteiger partial charge on any atom is -0.459 e. The van der Waals surface area contributed by atoms with Crippen LogP contribution in [-0.4, -0.2) is 202 Å². The van der Waals surface area contributed by atoms with Crippen LogP contribution in [0.1, 0.15) is 128 Å². The normalized spacial score (nSPS) is 43.7. The monoisotopic (exact) mass is 906 g/mol. The van der Waals surface area contributed by atoms with Crippen molar-refractivity contribution < 1.29 is 63.9 Å². The lowest BCUT2D eigenvalue weighted by Crippen LogP contribution is -2.61. The van der Waals surface area contributed by atoms with E-state index >= 15 is 0 Å². The Hall–Kier alpha value is -1.09. The number of methoxy groups -OCH3 is 1. The van der Waals surface area contributed by atoms with Crippen molar-refractivity contribution in [2.24, 2.45) is 17.8 Å². The minimum atomic E-state index is -1.83. The number of aliphatic hydroxyl groups is 6. The Kier molecular flexibility index (Phi) is 21.7. The second kappa shape index (κ2) is 24.3. The van der Waals surface area contributed by atoms with Gasteiger partial charge in [-0.15, -0.1) is 0 Å². The second-order valence-corrected chi connectivity index (χ2v) is 20.4. The number of esters is 1. The zero-order valence-corrected chi connectivity index (χ0v) is 41.6. The third-order valence-electron chi connectivity index (χ3n) is 14.4. The molecule has 0 spiro atoms. The van der Waals surface area contributed by atoms with E-state index in [1.807, 2.05) is 44.7 Å². The Bertz CT molecular complexity index is 1360. The molecule has 3 fully saturated rings. The molecule has 0 aromatic heterocycles. The van der Waals surface area contributed by atoms with Crippen molar-refractivity contribution >= 4 is 5.97 Å². The Labute approximate surface area is 379 Å². The second-order valence-electron chi connectivity index (χ2n) is 20.4. The third kappa shape index (κ3) is 14.5. The summed E-state index contributed by atoms with van der Waals surface area (Å²) in [5.41, 5.74) is -4.50. The van der Waals surface area contributed by atoms with Crippen molar-refractivity contribution in [2.75, 3.05) is 53.9 Å². The van der Waals surface area contributed by atoms with E-state index in [1.54, 1.807) is 41.5 Å². The molecule has 16 heteroatoms. The molecular weight excluding hydrogens is 815 g/mol. The Morgan fingerprint density at radius 2 is 1.56 bits per heavy atom. The number of carbonyl (C=O) groups is 1. The van der Waals surface area contributed by atoms with Crippen LogP contribution in [0.25, 0.3) is 0 Å². The van der Waals surface area contributed by atoms with Crippen molar-refractivity contribution in [1.82, 2.24) is 14.7 Å². The number of nitrogens with zero attached hydrogens (tertiary/aromatic N) is 3. The molecule has 372 valence electrons. The molecule has 0 saturated carbocycles. The Morgan fingerprint density at radius 1 is 0.905 bits per heavy atom. The highest BCUT2D eigenvalue weighted by molar-refractivity contribution is 5.73. The highest BCUT2D eigenvalue weighted by Gasteiger charge is 2.53. The third-order valence-corrected chi connectivity index (χ3v) is 14.4. The first-order valence-corrected chi connectivity index (χ1v) is 23.9. The number of ether oxygens (including phenoxy) is 6. The number of unbranched alkanes of at least 4 members (excludes halogenated alkanes) is 1. The van der Waals surface area contributed by atoms with Gasteiger partial charge in [-0.05, 0) is 114 Å². The molecule has 0 amide bonds. The van der Waals surface area contributed by atoms with Crippen LogP contribution in [0, 0.1) is 17.8 Å². The summed E-state index contributed by atoms with van der Waals surface area (Å²) in [6.07, 6.45) is -6.54. The van der Waals surface area contributed by atoms with E-state index < -0.39 is 108 Å². The van der Waals surface area contributed by atoms with Gasteiger partial charge < -0.3 is 68.9 Å². The highest BCUT2D eigenvalue weighted by atomic mass is 16.7. The average molecular weight is 906 g/mol. The lowest BCUT2D eigenvalue weighted by atomic mass is 9.77. The van der Waals surface area contributed by atoms with Gasteiger partial charge in [-0.2, -0.15) is 0 Å². The smallest absolute Gasteiger partial charge is 0.311 e. The quantitative estimate of drug-likeness (QED) is 0.123. The standard InChI is InChI=1S/C47H91N3O13/c1-16-19-21-50(20-17-2)27-34(51)26-49(14)35-22-29(5)59-44(38(35)52)63-42-30(6)39(62-37-24-46(11,58-15)41(54)33(9)60-37)31(7)43(55)61-36(18-3)47(12,57)40(53)32(8)48(13)25-28(4)23-45(42,10)56/h28-42,44,51-54,56-57H,16-27H2,1-15H3/t28-,29-,30+,31-,32-,33+,34?,35?,36-,37+,38-,39+,40-,41+,42-,44+,45-,46-,47-/m1/s1. The molecule has 3 heterocycles. The summed E-state index contributed by atoms with van der Waals surface area (Å²) in [7, 11) is 5.23. The number of cyclic esters (lactones) is 1. The van der Waals surface area contributed by atoms with Crippen molar-refractivity contribution in [3.05, 3.63) is 0 Å². The van der Waals surface area contributed by atoms with Crippen LogP contribution < -0.4 is 0 Å². The molecule has 2 unspecified atom stereocenters. The predicted octanol–water partition coefficient (Wildman–Crippen LogP) is 3.14.